The number of likely N-dealkylation sites (tertiary alicyclic amines) is 1. The monoisotopic (exact) mass is 409 g/mol. The molecular weight excluding hydrogens is 386 g/mol. The molecule has 30 heavy (non-hydrogen) atoms. The summed E-state index contributed by atoms with van der Waals surface area (Å²) in [4.78, 5) is 44.7. The van der Waals surface area contributed by atoms with Crippen LogP contribution in [0.2, 0.25) is 0 Å². The highest BCUT2D eigenvalue weighted by molar-refractivity contribution is 6.46. The van der Waals surface area contributed by atoms with E-state index in [1.165, 1.54) is 24.4 Å². The van der Waals surface area contributed by atoms with Gasteiger partial charge in [-0.2, -0.15) is 0 Å². The lowest BCUT2D eigenvalue weighted by Gasteiger charge is -2.26. The molecule has 0 radical (unpaired) electrons. The first-order valence-corrected chi connectivity index (χ1v) is 9.37. The number of aliphatic hydroxyl groups excluding tert-OH is 1. The Morgan fingerprint density at radius 3 is 2.30 bits per heavy atom. The molecule has 2 aromatic rings. The van der Waals surface area contributed by atoms with Gasteiger partial charge in [0.1, 0.15) is 5.76 Å². The van der Waals surface area contributed by atoms with Crippen molar-refractivity contribution in [1.82, 2.24) is 14.8 Å². The standard InChI is InChI=1S/C22H23N3O5/c1-24(2)12-13-25-18(14-4-6-16(7-5-14)22(29)30-3)17(20(27)21(25)28)19(26)15-8-10-23-11-9-15/h4-11,18,26H,12-13H2,1-3H3/b19-17+. The Morgan fingerprint density at radius 1 is 1.10 bits per heavy atom. The molecule has 8 heteroatoms. The van der Waals surface area contributed by atoms with Gasteiger partial charge in [0.25, 0.3) is 11.7 Å². The third kappa shape index (κ3) is 4.08. The fraction of sp³-hybridized carbons (Fsp3) is 0.273. The van der Waals surface area contributed by atoms with Gasteiger partial charge >= 0.3 is 5.97 Å². The molecule has 0 aliphatic carbocycles. The van der Waals surface area contributed by atoms with Gasteiger partial charge in [-0.1, -0.05) is 12.1 Å². The number of benzene rings is 1. The van der Waals surface area contributed by atoms with Crippen LogP contribution in [0.4, 0.5) is 0 Å². The molecule has 1 N–H and O–H groups in total. The molecule has 1 amide bonds. The second kappa shape index (κ2) is 8.87. The highest BCUT2D eigenvalue weighted by atomic mass is 16.5. The molecule has 1 atom stereocenters. The van der Waals surface area contributed by atoms with Crippen LogP contribution in [0.1, 0.15) is 27.5 Å². The van der Waals surface area contributed by atoms with Crippen LogP contribution in [-0.2, 0) is 14.3 Å². The molecule has 0 spiro atoms. The second-order valence-electron chi connectivity index (χ2n) is 7.15. The number of likely N-dealkylation sites (N-methyl/N-ethyl adjacent to an activating group) is 1. The number of carbonyl (C=O) groups excluding carboxylic acids is 3. The number of hydrogen-bond donors (Lipinski definition) is 1. The van der Waals surface area contributed by atoms with Crippen molar-refractivity contribution in [3.05, 3.63) is 71.1 Å². The average molecular weight is 409 g/mol. The zero-order chi connectivity index (χ0) is 21.8. The van der Waals surface area contributed by atoms with Gasteiger partial charge in [-0.05, 0) is 43.9 Å². The van der Waals surface area contributed by atoms with Gasteiger partial charge < -0.3 is 19.6 Å². The Labute approximate surface area is 174 Å². The smallest absolute Gasteiger partial charge is 0.337 e. The van der Waals surface area contributed by atoms with Gasteiger partial charge in [-0.25, -0.2) is 4.79 Å². The summed E-state index contributed by atoms with van der Waals surface area (Å²) in [6, 6.07) is 8.82. The Hall–Kier alpha value is -3.52. The topological polar surface area (TPSA) is 100 Å². The van der Waals surface area contributed by atoms with Gasteiger partial charge in [0, 0.05) is 31.0 Å². The van der Waals surface area contributed by atoms with E-state index in [1.807, 2.05) is 19.0 Å². The minimum absolute atomic E-state index is 0.00998. The zero-order valence-electron chi connectivity index (χ0n) is 17.0. The molecule has 2 heterocycles. The predicted octanol–water partition coefficient (Wildman–Crippen LogP) is 1.85. The summed E-state index contributed by atoms with van der Waals surface area (Å²) in [6.45, 7) is 0.840. The molecule has 1 aliphatic rings. The number of aromatic nitrogens is 1. The number of nitrogens with zero attached hydrogens (tertiary/aromatic N) is 3. The van der Waals surface area contributed by atoms with Crippen LogP contribution in [0.3, 0.4) is 0 Å². The number of ketones is 1. The van der Waals surface area contributed by atoms with E-state index in [4.69, 9.17) is 4.74 Å². The van der Waals surface area contributed by atoms with E-state index in [2.05, 4.69) is 4.98 Å². The summed E-state index contributed by atoms with van der Waals surface area (Å²) in [6.07, 6.45) is 2.99. The van der Waals surface area contributed by atoms with Crippen molar-refractivity contribution in [3.63, 3.8) is 0 Å². The molecule has 8 nitrogen and oxygen atoms in total. The SMILES string of the molecule is COC(=O)c1ccc(C2/C(=C(\O)c3ccncc3)C(=O)C(=O)N2CCN(C)C)cc1. The van der Waals surface area contributed by atoms with E-state index in [0.29, 0.717) is 29.8 Å². The Kier molecular flexibility index (Phi) is 6.27. The van der Waals surface area contributed by atoms with Crippen LogP contribution in [-0.4, -0.2) is 71.8 Å². The largest absolute Gasteiger partial charge is 0.507 e. The number of aliphatic hydroxyl groups is 1. The van der Waals surface area contributed by atoms with Crippen molar-refractivity contribution >= 4 is 23.4 Å². The first-order valence-electron chi connectivity index (χ1n) is 9.37. The number of esters is 1. The first kappa shape index (κ1) is 21.2. The molecule has 156 valence electrons. The molecule has 1 fully saturated rings. The third-order valence-electron chi connectivity index (χ3n) is 4.93. The zero-order valence-corrected chi connectivity index (χ0v) is 17.0. The number of methoxy groups -OCH3 is 1. The van der Waals surface area contributed by atoms with Crippen molar-refractivity contribution in [2.24, 2.45) is 0 Å². The Bertz CT molecular complexity index is 984. The van der Waals surface area contributed by atoms with Crippen molar-refractivity contribution in [3.8, 4) is 0 Å². The Balaban J connectivity index is 2.11. The number of amides is 1. The normalized spacial score (nSPS) is 18.1. The molecule has 1 aromatic carbocycles. The van der Waals surface area contributed by atoms with Crippen LogP contribution in [0.15, 0.2) is 54.4 Å². The van der Waals surface area contributed by atoms with E-state index in [1.54, 1.807) is 36.4 Å². The van der Waals surface area contributed by atoms with Gasteiger partial charge in [0.15, 0.2) is 0 Å². The number of pyridine rings is 1. The first-order chi connectivity index (χ1) is 14.3. The van der Waals surface area contributed by atoms with E-state index < -0.39 is 23.7 Å². The molecule has 1 aliphatic heterocycles. The number of rotatable bonds is 6. The van der Waals surface area contributed by atoms with Gasteiger partial charge in [0.05, 0.1) is 24.3 Å². The van der Waals surface area contributed by atoms with Gasteiger partial charge in [0.2, 0.25) is 0 Å². The highest BCUT2D eigenvalue weighted by Crippen LogP contribution is 2.39. The summed E-state index contributed by atoms with van der Waals surface area (Å²) in [5.41, 5.74) is 1.36. The molecule has 0 saturated carbocycles. The third-order valence-corrected chi connectivity index (χ3v) is 4.93. The summed E-state index contributed by atoms with van der Waals surface area (Å²) >= 11 is 0. The number of Topliss-reactive ketones (excluding diaryl/α,β-unsaturated/α-hetero) is 1. The number of carbonyl (C=O) groups is 3. The van der Waals surface area contributed by atoms with Crippen LogP contribution < -0.4 is 0 Å². The summed E-state index contributed by atoms with van der Waals surface area (Å²) < 4.78 is 4.72. The van der Waals surface area contributed by atoms with E-state index in [0.717, 1.165) is 0 Å². The van der Waals surface area contributed by atoms with Gasteiger partial charge in [-0.3, -0.25) is 14.6 Å². The summed E-state index contributed by atoms with van der Waals surface area (Å²) in [7, 11) is 5.03. The fourth-order valence-electron chi connectivity index (χ4n) is 3.35. The van der Waals surface area contributed by atoms with E-state index >= 15 is 0 Å². The number of hydrogen-bond acceptors (Lipinski definition) is 7. The molecule has 0 bridgehead atoms. The average Bonchev–Trinajstić information content (AvgIpc) is 3.02. The van der Waals surface area contributed by atoms with E-state index in [9.17, 15) is 19.5 Å². The minimum atomic E-state index is -0.773. The minimum Gasteiger partial charge on any atom is -0.507 e. The maximum atomic E-state index is 12.9. The van der Waals surface area contributed by atoms with Crippen LogP contribution in [0.5, 0.6) is 0 Å². The van der Waals surface area contributed by atoms with Crippen molar-refractivity contribution in [1.29, 1.82) is 0 Å². The maximum Gasteiger partial charge on any atom is 0.337 e. The molecule has 1 aromatic heterocycles. The van der Waals surface area contributed by atoms with Crippen LogP contribution in [0.25, 0.3) is 5.76 Å². The lowest BCUT2D eigenvalue weighted by molar-refractivity contribution is -0.140. The van der Waals surface area contributed by atoms with Gasteiger partial charge in [-0.15, -0.1) is 0 Å². The van der Waals surface area contributed by atoms with Crippen molar-refractivity contribution in [2.75, 3.05) is 34.3 Å². The van der Waals surface area contributed by atoms with E-state index in [-0.39, 0.29) is 11.3 Å². The van der Waals surface area contributed by atoms with Crippen LogP contribution in [0, 0.1) is 0 Å². The fourth-order valence-corrected chi connectivity index (χ4v) is 3.35. The summed E-state index contributed by atoms with van der Waals surface area (Å²) in [5.74, 6) is -2.16. The van der Waals surface area contributed by atoms with Crippen molar-refractivity contribution < 1.29 is 24.2 Å². The van der Waals surface area contributed by atoms with Crippen molar-refractivity contribution in [2.45, 2.75) is 6.04 Å². The lowest BCUT2D eigenvalue weighted by Crippen LogP contribution is -2.35. The van der Waals surface area contributed by atoms with Crippen LogP contribution >= 0.6 is 0 Å². The molecule has 1 saturated heterocycles. The number of ether oxygens (including phenoxy) is 1. The maximum absolute atomic E-state index is 12.9. The lowest BCUT2D eigenvalue weighted by atomic mass is 9.95. The predicted molar refractivity (Wildman–Crippen MR) is 110 cm³/mol. The Morgan fingerprint density at radius 2 is 1.73 bits per heavy atom. The molecule has 1 unspecified atom stereocenters. The molecule has 3 rings (SSSR count). The molecular formula is C22H23N3O5. The second-order valence-corrected chi connectivity index (χ2v) is 7.15. The highest BCUT2D eigenvalue weighted by Gasteiger charge is 2.45. The summed E-state index contributed by atoms with van der Waals surface area (Å²) in [5, 5.41) is 10.9. The quantitative estimate of drug-likeness (QED) is 0.336.